The van der Waals surface area contributed by atoms with Gasteiger partial charge in [-0.3, -0.25) is 4.90 Å². The standard InChI is InChI=1S/C19H31N3/c1-17(2)19(20)10-12-22-15-13-21(14-16-22)11-6-9-18-7-4-3-5-8-18/h3-9,17,19H,10-16,20H2,1-2H3/b9-6+. The summed E-state index contributed by atoms with van der Waals surface area (Å²) < 4.78 is 0. The van der Waals surface area contributed by atoms with Gasteiger partial charge in [0.1, 0.15) is 0 Å². The fourth-order valence-electron chi connectivity index (χ4n) is 2.76. The van der Waals surface area contributed by atoms with Crippen LogP contribution in [0.2, 0.25) is 0 Å². The Labute approximate surface area is 135 Å². The molecule has 0 spiro atoms. The molecule has 2 rings (SSSR count). The van der Waals surface area contributed by atoms with Crippen molar-refractivity contribution < 1.29 is 0 Å². The maximum atomic E-state index is 6.14. The second-order valence-electron chi connectivity index (χ2n) is 6.65. The number of piperazine rings is 1. The third kappa shape index (κ3) is 5.91. The van der Waals surface area contributed by atoms with E-state index < -0.39 is 0 Å². The minimum absolute atomic E-state index is 0.340. The van der Waals surface area contributed by atoms with Crippen LogP contribution < -0.4 is 5.73 Å². The molecule has 22 heavy (non-hydrogen) atoms. The molecular weight excluding hydrogens is 270 g/mol. The molecular formula is C19H31N3. The van der Waals surface area contributed by atoms with Gasteiger partial charge in [0.05, 0.1) is 0 Å². The van der Waals surface area contributed by atoms with Crippen LogP contribution in [0.1, 0.15) is 25.8 Å². The predicted octanol–water partition coefficient (Wildman–Crippen LogP) is 2.69. The van der Waals surface area contributed by atoms with Gasteiger partial charge in [0.25, 0.3) is 0 Å². The SMILES string of the molecule is CC(C)C(N)CCN1CCN(C/C=C/c2ccccc2)CC1. The second-order valence-corrected chi connectivity index (χ2v) is 6.65. The van der Waals surface area contributed by atoms with E-state index in [4.69, 9.17) is 5.73 Å². The zero-order valence-corrected chi connectivity index (χ0v) is 14.1. The largest absolute Gasteiger partial charge is 0.327 e. The smallest absolute Gasteiger partial charge is 0.0167 e. The number of nitrogens with two attached hydrogens (primary N) is 1. The van der Waals surface area contributed by atoms with E-state index in [9.17, 15) is 0 Å². The molecule has 3 nitrogen and oxygen atoms in total. The normalized spacial score (nSPS) is 19.1. The van der Waals surface area contributed by atoms with Crippen LogP contribution in [0.15, 0.2) is 36.4 Å². The zero-order valence-electron chi connectivity index (χ0n) is 14.1. The molecule has 1 fully saturated rings. The molecule has 3 heteroatoms. The minimum Gasteiger partial charge on any atom is -0.327 e. The lowest BCUT2D eigenvalue weighted by Crippen LogP contribution is -2.47. The molecule has 0 radical (unpaired) electrons. The summed E-state index contributed by atoms with van der Waals surface area (Å²) in [4.78, 5) is 5.08. The van der Waals surface area contributed by atoms with E-state index in [1.807, 2.05) is 0 Å². The van der Waals surface area contributed by atoms with Crippen molar-refractivity contribution in [1.82, 2.24) is 9.80 Å². The molecule has 0 bridgehead atoms. The van der Waals surface area contributed by atoms with Gasteiger partial charge in [-0.1, -0.05) is 56.3 Å². The molecule has 1 unspecified atom stereocenters. The fourth-order valence-corrected chi connectivity index (χ4v) is 2.76. The van der Waals surface area contributed by atoms with Crippen molar-refractivity contribution in [2.45, 2.75) is 26.3 Å². The number of hydrogen-bond acceptors (Lipinski definition) is 3. The third-order valence-electron chi connectivity index (χ3n) is 4.57. The lowest BCUT2D eigenvalue weighted by Gasteiger charge is -2.34. The van der Waals surface area contributed by atoms with Crippen LogP contribution in [0.25, 0.3) is 6.08 Å². The number of nitrogens with zero attached hydrogens (tertiary/aromatic N) is 2. The van der Waals surface area contributed by atoms with Crippen molar-refractivity contribution in [3.05, 3.63) is 42.0 Å². The first-order chi connectivity index (χ1) is 10.6. The van der Waals surface area contributed by atoms with E-state index in [-0.39, 0.29) is 0 Å². The van der Waals surface area contributed by atoms with E-state index in [2.05, 4.69) is 66.1 Å². The van der Waals surface area contributed by atoms with E-state index in [0.717, 1.165) is 32.6 Å². The van der Waals surface area contributed by atoms with Crippen LogP contribution in [0.5, 0.6) is 0 Å². The predicted molar refractivity (Wildman–Crippen MR) is 95.8 cm³/mol. The summed E-state index contributed by atoms with van der Waals surface area (Å²) in [6.07, 6.45) is 5.61. The molecule has 1 aromatic carbocycles. The molecule has 0 saturated carbocycles. The summed E-state index contributed by atoms with van der Waals surface area (Å²) in [5.74, 6) is 0.587. The van der Waals surface area contributed by atoms with E-state index >= 15 is 0 Å². The quantitative estimate of drug-likeness (QED) is 0.840. The molecule has 1 aromatic rings. The Morgan fingerprint density at radius 3 is 2.32 bits per heavy atom. The first-order valence-corrected chi connectivity index (χ1v) is 8.57. The van der Waals surface area contributed by atoms with Crippen LogP contribution in [-0.4, -0.2) is 55.1 Å². The van der Waals surface area contributed by atoms with Gasteiger partial charge < -0.3 is 10.6 Å². The van der Waals surface area contributed by atoms with Gasteiger partial charge in [0.2, 0.25) is 0 Å². The van der Waals surface area contributed by atoms with Gasteiger partial charge >= 0.3 is 0 Å². The first-order valence-electron chi connectivity index (χ1n) is 8.57. The number of benzene rings is 1. The lowest BCUT2D eigenvalue weighted by molar-refractivity contribution is 0.137. The highest BCUT2D eigenvalue weighted by Gasteiger charge is 2.17. The number of hydrogen-bond donors (Lipinski definition) is 1. The Kier molecular flexibility index (Phi) is 7.10. The maximum absolute atomic E-state index is 6.14. The molecule has 1 atom stereocenters. The third-order valence-corrected chi connectivity index (χ3v) is 4.57. The second kappa shape index (κ2) is 9.09. The molecule has 1 saturated heterocycles. The summed E-state index contributed by atoms with van der Waals surface area (Å²) in [6.45, 7) is 11.3. The van der Waals surface area contributed by atoms with Gasteiger partial charge in [0, 0.05) is 38.8 Å². The Bertz CT molecular complexity index is 433. The lowest BCUT2D eigenvalue weighted by atomic mass is 10.0. The van der Waals surface area contributed by atoms with Gasteiger partial charge in [0.15, 0.2) is 0 Å². The van der Waals surface area contributed by atoms with E-state index in [0.29, 0.717) is 12.0 Å². The Balaban J connectivity index is 1.64. The summed E-state index contributed by atoms with van der Waals surface area (Å²) in [6, 6.07) is 10.9. The highest BCUT2D eigenvalue weighted by molar-refractivity contribution is 5.48. The average molecular weight is 301 g/mol. The van der Waals surface area contributed by atoms with E-state index in [1.54, 1.807) is 0 Å². The monoisotopic (exact) mass is 301 g/mol. The van der Waals surface area contributed by atoms with Gasteiger partial charge in [-0.2, -0.15) is 0 Å². The van der Waals surface area contributed by atoms with Crippen molar-refractivity contribution in [2.24, 2.45) is 11.7 Å². The summed E-state index contributed by atoms with van der Waals surface area (Å²) in [7, 11) is 0. The van der Waals surface area contributed by atoms with Gasteiger partial charge in [-0.25, -0.2) is 0 Å². The van der Waals surface area contributed by atoms with Crippen LogP contribution >= 0.6 is 0 Å². The van der Waals surface area contributed by atoms with Crippen molar-refractivity contribution in [3.8, 4) is 0 Å². The summed E-state index contributed by atoms with van der Waals surface area (Å²) in [5.41, 5.74) is 7.42. The van der Waals surface area contributed by atoms with Crippen molar-refractivity contribution >= 4 is 6.08 Å². The minimum atomic E-state index is 0.340. The van der Waals surface area contributed by atoms with Crippen LogP contribution in [0.3, 0.4) is 0 Å². The molecule has 0 amide bonds. The van der Waals surface area contributed by atoms with Crippen molar-refractivity contribution in [1.29, 1.82) is 0 Å². The molecule has 0 aromatic heterocycles. The molecule has 1 heterocycles. The Morgan fingerprint density at radius 1 is 1.05 bits per heavy atom. The average Bonchev–Trinajstić information content (AvgIpc) is 2.54. The maximum Gasteiger partial charge on any atom is 0.0167 e. The summed E-state index contributed by atoms with van der Waals surface area (Å²) in [5, 5.41) is 0. The van der Waals surface area contributed by atoms with Crippen molar-refractivity contribution in [3.63, 3.8) is 0 Å². The topological polar surface area (TPSA) is 32.5 Å². The molecule has 122 valence electrons. The molecule has 0 aliphatic carbocycles. The van der Waals surface area contributed by atoms with Crippen molar-refractivity contribution in [2.75, 3.05) is 39.3 Å². The first kappa shape index (κ1) is 17.2. The van der Waals surface area contributed by atoms with Crippen LogP contribution in [0.4, 0.5) is 0 Å². The number of rotatable bonds is 7. The molecule has 1 aliphatic heterocycles. The van der Waals surface area contributed by atoms with Gasteiger partial charge in [-0.15, -0.1) is 0 Å². The highest BCUT2D eigenvalue weighted by atomic mass is 15.3. The Hall–Kier alpha value is -1.16. The van der Waals surface area contributed by atoms with Crippen LogP contribution in [0, 0.1) is 5.92 Å². The van der Waals surface area contributed by atoms with Gasteiger partial charge in [-0.05, 0) is 24.4 Å². The van der Waals surface area contributed by atoms with Crippen LogP contribution in [-0.2, 0) is 0 Å². The fraction of sp³-hybridized carbons (Fsp3) is 0.579. The highest BCUT2D eigenvalue weighted by Crippen LogP contribution is 2.08. The molecule has 2 N–H and O–H groups in total. The Morgan fingerprint density at radius 2 is 1.68 bits per heavy atom. The zero-order chi connectivity index (χ0) is 15.8. The molecule has 1 aliphatic rings. The summed E-state index contributed by atoms with van der Waals surface area (Å²) >= 11 is 0. The van der Waals surface area contributed by atoms with E-state index in [1.165, 1.54) is 18.7 Å².